The third-order valence-electron chi connectivity index (χ3n) is 3.25. The summed E-state index contributed by atoms with van der Waals surface area (Å²) in [5.41, 5.74) is 5.07. The lowest BCUT2D eigenvalue weighted by Gasteiger charge is -2.06. The maximum Gasteiger partial charge on any atom is 0.138 e. The smallest absolute Gasteiger partial charge is 0.138 e. The number of aryl methyl sites for hydroxylation is 1. The topological polar surface area (TPSA) is 17.3 Å². The van der Waals surface area contributed by atoms with Crippen LogP contribution in [0.3, 0.4) is 0 Å². The van der Waals surface area contributed by atoms with Crippen molar-refractivity contribution in [2.24, 2.45) is 0 Å². The number of terminal acetylenes is 1. The van der Waals surface area contributed by atoms with E-state index in [0.717, 1.165) is 34.7 Å². The van der Waals surface area contributed by atoms with E-state index in [0.29, 0.717) is 0 Å². The Morgan fingerprint density at radius 2 is 1.89 bits per heavy atom. The van der Waals surface area contributed by atoms with Gasteiger partial charge in [-0.15, -0.1) is 6.42 Å². The standard InChI is InChI=1S/C17H14N2/c1-3-14-11-8-12-16-18-15(4-2)17(19(14)16)13-9-6-5-7-10-13/h1,5-12H,4H2,2H3. The van der Waals surface area contributed by atoms with E-state index in [1.54, 1.807) is 0 Å². The summed E-state index contributed by atoms with van der Waals surface area (Å²) < 4.78 is 2.06. The van der Waals surface area contributed by atoms with Crippen LogP contribution in [0, 0.1) is 12.3 Å². The third kappa shape index (κ3) is 1.80. The molecule has 3 aromatic rings. The number of aromatic nitrogens is 2. The Balaban J connectivity index is 2.42. The van der Waals surface area contributed by atoms with E-state index in [-0.39, 0.29) is 0 Å². The average Bonchev–Trinajstić information content (AvgIpc) is 2.86. The lowest BCUT2D eigenvalue weighted by atomic mass is 10.1. The zero-order valence-electron chi connectivity index (χ0n) is 10.8. The molecule has 0 bridgehead atoms. The molecule has 0 saturated heterocycles. The van der Waals surface area contributed by atoms with Crippen LogP contribution in [0.5, 0.6) is 0 Å². The predicted octanol–water partition coefficient (Wildman–Crippen LogP) is 3.55. The van der Waals surface area contributed by atoms with Crippen LogP contribution in [-0.4, -0.2) is 9.38 Å². The van der Waals surface area contributed by atoms with Crippen LogP contribution in [0.15, 0.2) is 48.5 Å². The molecule has 0 atom stereocenters. The molecule has 0 N–H and O–H groups in total. The summed E-state index contributed by atoms with van der Waals surface area (Å²) in [6.45, 7) is 2.11. The number of nitrogens with zero attached hydrogens (tertiary/aromatic N) is 2. The fourth-order valence-corrected chi connectivity index (χ4v) is 2.39. The quantitative estimate of drug-likeness (QED) is 0.632. The van der Waals surface area contributed by atoms with Gasteiger partial charge in [0, 0.05) is 5.56 Å². The lowest BCUT2D eigenvalue weighted by Crippen LogP contribution is -1.95. The monoisotopic (exact) mass is 246 g/mol. The predicted molar refractivity (Wildman–Crippen MR) is 77.9 cm³/mol. The largest absolute Gasteiger partial charge is 0.285 e. The molecule has 2 heteroatoms. The highest BCUT2D eigenvalue weighted by molar-refractivity contribution is 5.68. The molecule has 0 saturated carbocycles. The summed E-state index contributed by atoms with van der Waals surface area (Å²) in [5, 5.41) is 0. The molecule has 0 amide bonds. The second-order valence-corrected chi connectivity index (χ2v) is 4.38. The van der Waals surface area contributed by atoms with Crippen LogP contribution in [0.1, 0.15) is 18.3 Å². The van der Waals surface area contributed by atoms with Gasteiger partial charge in [0.25, 0.3) is 0 Å². The number of pyridine rings is 1. The molecule has 0 unspecified atom stereocenters. The van der Waals surface area contributed by atoms with Gasteiger partial charge >= 0.3 is 0 Å². The summed E-state index contributed by atoms with van der Waals surface area (Å²) in [4.78, 5) is 4.68. The maximum absolute atomic E-state index is 5.61. The molecule has 1 aromatic carbocycles. The summed E-state index contributed by atoms with van der Waals surface area (Å²) in [6, 6.07) is 16.2. The molecule has 0 aliphatic heterocycles. The Labute approximate surface area is 112 Å². The van der Waals surface area contributed by atoms with Gasteiger partial charge in [-0.05, 0) is 18.6 Å². The molecule has 19 heavy (non-hydrogen) atoms. The molecule has 0 spiro atoms. The highest BCUT2D eigenvalue weighted by atomic mass is 15.0. The van der Waals surface area contributed by atoms with E-state index >= 15 is 0 Å². The van der Waals surface area contributed by atoms with Crippen molar-refractivity contribution in [2.45, 2.75) is 13.3 Å². The van der Waals surface area contributed by atoms with E-state index in [4.69, 9.17) is 6.42 Å². The first kappa shape index (κ1) is 11.6. The second kappa shape index (κ2) is 4.62. The molecule has 0 aliphatic carbocycles. The van der Waals surface area contributed by atoms with E-state index < -0.39 is 0 Å². The van der Waals surface area contributed by atoms with Gasteiger partial charge in [0.15, 0.2) is 0 Å². The van der Waals surface area contributed by atoms with Crippen molar-refractivity contribution in [1.29, 1.82) is 0 Å². The molecule has 0 fully saturated rings. The van der Waals surface area contributed by atoms with Crippen molar-refractivity contribution >= 4 is 5.65 Å². The highest BCUT2D eigenvalue weighted by Crippen LogP contribution is 2.26. The molecule has 92 valence electrons. The number of hydrogen-bond donors (Lipinski definition) is 0. The van der Waals surface area contributed by atoms with Crippen molar-refractivity contribution in [3.05, 3.63) is 59.9 Å². The first-order valence-corrected chi connectivity index (χ1v) is 6.37. The fraction of sp³-hybridized carbons (Fsp3) is 0.118. The van der Waals surface area contributed by atoms with E-state index in [2.05, 4.69) is 34.4 Å². The van der Waals surface area contributed by atoms with Crippen LogP contribution in [0.25, 0.3) is 16.9 Å². The molecule has 2 heterocycles. The van der Waals surface area contributed by atoms with Crippen molar-refractivity contribution in [3.63, 3.8) is 0 Å². The molecule has 2 aromatic heterocycles. The van der Waals surface area contributed by atoms with Gasteiger partial charge in [0.1, 0.15) is 5.65 Å². The van der Waals surface area contributed by atoms with Crippen molar-refractivity contribution in [2.75, 3.05) is 0 Å². The van der Waals surface area contributed by atoms with Crippen molar-refractivity contribution in [1.82, 2.24) is 9.38 Å². The van der Waals surface area contributed by atoms with Gasteiger partial charge in [-0.3, -0.25) is 4.40 Å². The zero-order valence-corrected chi connectivity index (χ0v) is 10.8. The minimum Gasteiger partial charge on any atom is -0.285 e. The molecule has 2 nitrogen and oxygen atoms in total. The highest BCUT2D eigenvalue weighted by Gasteiger charge is 2.14. The van der Waals surface area contributed by atoms with Crippen LogP contribution in [-0.2, 0) is 6.42 Å². The second-order valence-electron chi connectivity index (χ2n) is 4.38. The summed E-state index contributed by atoms with van der Waals surface area (Å²) in [5.74, 6) is 2.74. The number of hydrogen-bond acceptors (Lipinski definition) is 1. The number of imidazole rings is 1. The Kier molecular flexibility index (Phi) is 2.81. The summed E-state index contributed by atoms with van der Waals surface area (Å²) in [7, 11) is 0. The first-order chi connectivity index (χ1) is 9.35. The van der Waals surface area contributed by atoms with Crippen LogP contribution < -0.4 is 0 Å². The summed E-state index contributed by atoms with van der Waals surface area (Å²) >= 11 is 0. The van der Waals surface area contributed by atoms with Crippen LogP contribution in [0.2, 0.25) is 0 Å². The molecule has 0 aliphatic rings. The minimum absolute atomic E-state index is 0.837. The van der Waals surface area contributed by atoms with Gasteiger partial charge in [-0.25, -0.2) is 4.98 Å². The lowest BCUT2D eigenvalue weighted by molar-refractivity contribution is 1.07. The third-order valence-corrected chi connectivity index (χ3v) is 3.25. The maximum atomic E-state index is 5.61. The van der Waals surface area contributed by atoms with Crippen LogP contribution in [0.4, 0.5) is 0 Å². The van der Waals surface area contributed by atoms with E-state index in [1.807, 2.05) is 36.4 Å². The van der Waals surface area contributed by atoms with Gasteiger partial charge in [-0.1, -0.05) is 49.2 Å². The van der Waals surface area contributed by atoms with E-state index in [9.17, 15) is 0 Å². The van der Waals surface area contributed by atoms with Gasteiger partial charge < -0.3 is 0 Å². The normalized spacial score (nSPS) is 10.5. The Hall–Kier alpha value is -2.53. The number of fused-ring (bicyclic) bond motifs is 1. The van der Waals surface area contributed by atoms with Gasteiger partial charge in [0.05, 0.1) is 17.1 Å². The number of rotatable bonds is 2. The first-order valence-electron chi connectivity index (χ1n) is 6.37. The minimum atomic E-state index is 0.837. The average molecular weight is 246 g/mol. The molecular weight excluding hydrogens is 232 g/mol. The Morgan fingerprint density at radius 3 is 2.58 bits per heavy atom. The zero-order chi connectivity index (χ0) is 13.2. The SMILES string of the molecule is C#Cc1cccc2nc(CC)c(-c3ccccc3)n12. The fourth-order valence-electron chi connectivity index (χ4n) is 2.39. The van der Waals surface area contributed by atoms with Crippen molar-refractivity contribution < 1.29 is 0 Å². The van der Waals surface area contributed by atoms with Gasteiger partial charge in [-0.2, -0.15) is 0 Å². The van der Waals surface area contributed by atoms with Crippen LogP contribution >= 0.6 is 0 Å². The van der Waals surface area contributed by atoms with Gasteiger partial charge in [0.2, 0.25) is 0 Å². The van der Waals surface area contributed by atoms with E-state index in [1.165, 1.54) is 0 Å². The molecular formula is C17H14N2. The molecule has 3 rings (SSSR count). The Bertz CT molecular complexity index is 761. The number of benzene rings is 1. The summed E-state index contributed by atoms with van der Waals surface area (Å²) in [6.07, 6.45) is 6.50. The van der Waals surface area contributed by atoms with Crippen molar-refractivity contribution in [3.8, 4) is 23.6 Å². The Morgan fingerprint density at radius 1 is 1.11 bits per heavy atom. The molecule has 0 radical (unpaired) electrons.